The summed E-state index contributed by atoms with van der Waals surface area (Å²) >= 11 is 4.02. The molecule has 1 aromatic carbocycles. The second kappa shape index (κ2) is 5.54. The Bertz CT molecular complexity index is 312. The first-order chi connectivity index (χ1) is 6.77. The van der Waals surface area contributed by atoms with Crippen LogP contribution in [0.3, 0.4) is 0 Å². The van der Waals surface area contributed by atoms with Gasteiger partial charge in [-0.2, -0.15) is 12.6 Å². The number of carbonyl (C=O) groups excluding carboxylic acids is 1. The summed E-state index contributed by atoms with van der Waals surface area (Å²) in [5.41, 5.74) is 0.490. The standard InChI is InChI=1S/C10H12O3S/c1-12-10(11)8-3-2-4-9(7-8)13-5-6-14/h2-4,7,14H,5-6H2,1H3. The van der Waals surface area contributed by atoms with Gasteiger partial charge in [-0.25, -0.2) is 4.79 Å². The molecule has 0 aromatic heterocycles. The van der Waals surface area contributed by atoms with E-state index in [0.717, 1.165) is 0 Å². The number of hydrogen-bond acceptors (Lipinski definition) is 4. The highest BCUT2D eigenvalue weighted by atomic mass is 32.1. The normalized spacial score (nSPS) is 9.57. The Labute approximate surface area is 88.4 Å². The van der Waals surface area contributed by atoms with Gasteiger partial charge in [0.25, 0.3) is 0 Å². The lowest BCUT2D eigenvalue weighted by molar-refractivity contribution is 0.0600. The van der Waals surface area contributed by atoms with E-state index >= 15 is 0 Å². The van der Waals surface area contributed by atoms with Crippen LogP contribution in [0.25, 0.3) is 0 Å². The largest absolute Gasteiger partial charge is 0.493 e. The maximum Gasteiger partial charge on any atom is 0.337 e. The zero-order chi connectivity index (χ0) is 10.4. The van der Waals surface area contributed by atoms with Crippen molar-refractivity contribution in [3.8, 4) is 5.75 Å². The van der Waals surface area contributed by atoms with Gasteiger partial charge in [0, 0.05) is 5.75 Å². The third kappa shape index (κ3) is 2.96. The van der Waals surface area contributed by atoms with Crippen molar-refractivity contribution in [2.75, 3.05) is 19.5 Å². The van der Waals surface area contributed by atoms with E-state index in [0.29, 0.717) is 23.7 Å². The van der Waals surface area contributed by atoms with Gasteiger partial charge in [-0.15, -0.1) is 0 Å². The summed E-state index contributed by atoms with van der Waals surface area (Å²) in [6.45, 7) is 0.522. The van der Waals surface area contributed by atoms with E-state index in [1.165, 1.54) is 7.11 Å². The molecule has 0 aliphatic rings. The van der Waals surface area contributed by atoms with Crippen molar-refractivity contribution in [3.05, 3.63) is 29.8 Å². The summed E-state index contributed by atoms with van der Waals surface area (Å²) in [6, 6.07) is 6.87. The van der Waals surface area contributed by atoms with Gasteiger partial charge in [-0.3, -0.25) is 0 Å². The summed E-state index contributed by atoms with van der Waals surface area (Å²) in [4.78, 5) is 11.1. The molecule has 1 rings (SSSR count). The van der Waals surface area contributed by atoms with Crippen LogP contribution < -0.4 is 4.74 Å². The van der Waals surface area contributed by atoms with Crippen LogP contribution >= 0.6 is 12.6 Å². The number of methoxy groups -OCH3 is 1. The smallest absolute Gasteiger partial charge is 0.337 e. The van der Waals surface area contributed by atoms with Gasteiger partial charge in [0.05, 0.1) is 19.3 Å². The van der Waals surface area contributed by atoms with Crippen LogP contribution in [0.2, 0.25) is 0 Å². The molecule has 0 saturated heterocycles. The van der Waals surface area contributed by atoms with E-state index in [-0.39, 0.29) is 5.97 Å². The van der Waals surface area contributed by atoms with Crippen LogP contribution in [0.4, 0.5) is 0 Å². The molecular weight excluding hydrogens is 200 g/mol. The minimum absolute atomic E-state index is 0.360. The van der Waals surface area contributed by atoms with E-state index in [1.54, 1.807) is 24.3 Å². The fraction of sp³-hybridized carbons (Fsp3) is 0.300. The quantitative estimate of drug-likeness (QED) is 0.610. The molecule has 0 fully saturated rings. The van der Waals surface area contributed by atoms with E-state index in [9.17, 15) is 4.79 Å². The van der Waals surface area contributed by atoms with Crippen LogP contribution in [0.5, 0.6) is 5.75 Å². The Morgan fingerprint density at radius 1 is 1.50 bits per heavy atom. The molecule has 0 spiro atoms. The highest BCUT2D eigenvalue weighted by Gasteiger charge is 2.05. The first-order valence-corrected chi connectivity index (χ1v) is 4.83. The minimum Gasteiger partial charge on any atom is -0.493 e. The highest BCUT2D eigenvalue weighted by Crippen LogP contribution is 2.13. The molecule has 3 nitrogen and oxygen atoms in total. The predicted octanol–water partition coefficient (Wildman–Crippen LogP) is 1.78. The van der Waals surface area contributed by atoms with Crippen molar-refractivity contribution in [2.45, 2.75) is 0 Å². The molecule has 0 saturated carbocycles. The van der Waals surface area contributed by atoms with E-state index in [1.807, 2.05) is 0 Å². The zero-order valence-electron chi connectivity index (χ0n) is 7.90. The predicted molar refractivity (Wildman–Crippen MR) is 57.1 cm³/mol. The number of ether oxygens (including phenoxy) is 2. The first kappa shape index (κ1) is 10.9. The number of hydrogen-bond donors (Lipinski definition) is 1. The molecule has 0 N–H and O–H groups in total. The summed E-state index contributed by atoms with van der Waals surface area (Å²) in [5.74, 6) is 0.936. The van der Waals surface area contributed by atoms with Gasteiger partial charge in [-0.1, -0.05) is 6.07 Å². The molecule has 0 amide bonds. The zero-order valence-corrected chi connectivity index (χ0v) is 8.79. The lowest BCUT2D eigenvalue weighted by Gasteiger charge is -2.05. The maximum atomic E-state index is 11.1. The topological polar surface area (TPSA) is 35.5 Å². The summed E-state index contributed by atoms with van der Waals surface area (Å²) in [5, 5.41) is 0. The molecule has 0 aliphatic heterocycles. The molecular formula is C10H12O3S. The molecule has 0 bridgehead atoms. The summed E-state index contributed by atoms with van der Waals surface area (Å²) in [7, 11) is 1.35. The molecule has 4 heteroatoms. The fourth-order valence-corrected chi connectivity index (χ4v) is 1.09. The minimum atomic E-state index is -0.360. The average Bonchev–Trinajstić information content (AvgIpc) is 2.25. The van der Waals surface area contributed by atoms with Crippen LogP contribution in [0.1, 0.15) is 10.4 Å². The molecule has 14 heavy (non-hydrogen) atoms. The molecule has 76 valence electrons. The monoisotopic (exact) mass is 212 g/mol. The summed E-state index contributed by atoms with van der Waals surface area (Å²) in [6.07, 6.45) is 0. The van der Waals surface area contributed by atoms with Crippen molar-refractivity contribution in [2.24, 2.45) is 0 Å². The number of benzene rings is 1. The van der Waals surface area contributed by atoms with Crippen LogP contribution in [-0.4, -0.2) is 25.4 Å². The Morgan fingerprint density at radius 3 is 2.93 bits per heavy atom. The van der Waals surface area contributed by atoms with Gasteiger partial charge >= 0.3 is 5.97 Å². The third-order valence-electron chi connectivity index (χ3n) is 1.62. The number of esters is 1. The van der Waals surface area contributed by atoms with Gasteiger partial charge < -0.3 is 9.47 Å². The van der Waals surface area contributed by atoms with Gasteiger partial charge in [-0.05, 0) is 18.2 Å². The lowest BCUT2D eigenvalue weighted by Crippen LogP contribution is -2.03. The van der Waals surface area contributed by atoms with Crippen LogP contribution in [0.15, 0.2) is 24.3 Å². The maximum absolute atomic E-state index is 11.1. The van der Waals surface area contributed by atoms with Crippen molar-refractivity contribution in [1.29, 1.82) is 0 Å². The SMILES string of the molecule is COC(=O)c1cccc(OCCS)c1. The molecule has 0 atom stereocenters. The Kier molecular flexibility index (Phi) is 4.32. The highest BCUT2D eigenvalue weighted by molar-refractivity contribution is 7.80. The van der Waals surface area contributed by atoms with Crippen molar-refractivity contribution in [3.63, 3.8) is 0 Å². The van der Waals surface area contributed by atoms with Crippen molar-refractivity contribution in [1.82, 2.24) is 0 Å². The van der Waals surface area contributed by atoms with Crippen molar-refractivity contribution >= 4 is 18.6 Å². The average molecular weight is 212 g/mol. The Balaban J connectivity index is 2.73. The second-order valence-electron chi connectivity index (χ2n) is 2.59. The number of rotatable bonds is 4. The summed E-state index contributed by atoms with van der Waals surface area (Å²) < 4.78 is 9.89. The molecule has 0 aliphatic carbocycles. The van der Waals surface area contributed by atoms with Crippen LogP contribution in [-0.2, 0) is 4.74 Å². The van der Waals surface area contributed by atoms with Gasteiger partial charge in [0.2, 0.25) is 0 Å². The van der Waals surface area contributed by atoms with E-state index in [4.69, 9.17) is 4.74 Å². The van der Waals surface area contributed by atoms with Gasteiger partial charge in [0.15, 0.2) is 0 Å². The third-order valence-corrected chi connectivity index (χ3v) is 1.80. The van der Waals surface area contributed by atoms with E-state index < -0.39 is 0 Å². The second-order valence-corrected chi connectivity index (χ2v) is 3.04. The molecule has 0 unspecified atom stereocenters. The number of thiol groups is 1. The molecule has 0 heterocycles. The molecule has 1 aromatic rings. The first-order valence-electron chi connectivity index (χ1n) is 4.20. The van der Waals surface area contributed by atoms with Gasteiger partial charge in [0.1, 0.15) is 5.75 Å². The molecule has 0 radical (unpaired) electrons. The van der Waals surface area contributed by atoms with Crippen LogP contribution in [0, 0.1) is 0 Å². The Morgan fingerprint density at radius 2 is 2.29 bits per heavy atom. The van der Waals surface area contributed by atoms with E-state index in [2.05, 4.69) is 17.4 Å². The van der Waals surface area contributed by atoms with Crippen molar-refractivity contribution < 1.29 is 14.3 Å². The Hall–Kier alpha value is -1.16. The number of carbonyl (C=O) groups is 1. The lowest BCUT2D eigenvalue weighted by atomic mass is 10.2. The fourth-order valence-electron chi connectivity index (χ4n) is 0.994.